The molecule has 11 rings (SSSR count). The maximum absolute atomic E-state index is 6.47. The van der Waals surface area contributed by atoms with Gasteiger partial charge in [-0.05, 0) is 91.3 Å². The zero-order valence-electron chi connectivity index (χ0n) is 31.7. The number of nitrogens with zero attached hydrogens (tertiary/aromatic N) is 1. The van der Waals surface area contributed by atoms with E-state index in [9.17, 15) is 0 Å². The van der Waals surface area contributed by atoms with Crippen molar-refractivity contribution in [2.75, 3.05) is 4.90 Å². The molecular formula is C56H37NO. The van der Waals surface area contributed by atoms with Crippen molar-refractivity contribution in [2.45, 2.75) is 0 Å². The summed E-state index contributed by atoms with van der Waals surface area (Å²) in [6, 6.07) is 80.7. The highest BCUT2D eigenvalue weighted by Crippen LogP contribution is 2.48. The maximum Gasteiger partial charge on any atom is 0.143 e. The number of fused-ring (bicyclic) bond motifs is 6. The Hall–Kier alpha value is -7.68. The van der Waals surface area contributed by atoms with Crippen LogP contribution < -0.4 is 4.90 Å². The summed E-state index contributed by atoms with van der Waals surface area (Å²) in [5.74, 6) is 0. The highest BCUT2D eigenvalue weighted by Gasteiger charge is 2.22. The quantitative estimate of drug-likeness (QED) is 0.151. The number of rotatable bonds is 7. The molecule has 0 aliphatic rings. The second kappa shape index (κ2) is 14.1. The Bertz CT molecular complexity index is 3260. The molecule has 2 heteroatoms. The van der Waals surface area contributed by atoms with Crippen molar-refractivity contribution in [3.63, 3.8) is 0 Å². The van der Waals surface area contributed by atoms with E-state index in [1.54, 1.807) is 0 Å². The zero-order chi connectivity index (χ0) is 38.4. The van der Waals surface area contributed by atoms with Gasteiger partial charge >= 0.3 is 0 Å². The van der Waals surface area contributed by atoms with E-state index in [4.69, 9.17) is 4.42 Å². The molecule has 0 unspecified atom stereocenters. The van der Waals surface area contributed by atoms with Crippen molar-refractivity contribution in [3.05, 3.63) is 224 Å². The summed E-state index contributed by atoms with van der Waals surface area (Å²) in [5, 5.41) is 7.18. The summed E-state index contributed by atoms with van der Waals surface area (Å²) in [6.07, 6.45) is 0. The molecule has 272 valence electrons. The molecule has 0 aliphatic heterocycles. The summed E-state index contributed by atoms with van der Waals surface area (Å²) >= 11 is 0. The third-order valence-electron chi connectivity index (χ3n) is 11.5. The van der Waals surface area contributed by atoms with E-state index in [1.807, 2.05) is 12.1 Å². The van der Waals surface area contributed by atoms with E-state index in [0.29, 0.717) is 0 Å². The van der Waals surface area contributed by atoms with Crippen LogP contribution in [0.15, 0.2) is 229 Å². The van der Waals surface area contributed by atoms with E-state index < -0.39 is 0 Å². The molecule has 10 aromatic carbocycles. The van der Waals surface area contributed by atoms with Crippen LogP contribution in [0.25, 0.3) is 88.0 Å². The van der Waals surface area contributed by atoms with Gasteiger partial charge in [-0.3, -0.25) is 0 Å². The van der Waals surface area contributed by atoms with Crippen LogP contribution in [-0.2, 0) is 0 Å². The van der Waals surface area contributed by atoms with Gasteiger partial charge in [-0.2, -0.15) is 0 Å². The molecule has 0 spiro atoms. The highest BCUT2D eigenvalue weighted by molar-refractivity contribution is 6.22. The van der Waals surface area contributed by atoms with Gasteiger partial charge in [0.25, 0.3) is 0 Å². The fourth-order valence-electron chi connectivity index (χ4n) is 8.85. The molecule has 0 saturated carbocycles. The summed E-state index contributed by atoms with van der Waals surface area (Å²) in [6.45, 7) is 0. The predicted molar refractivity (Wildman–Crippen MR) is 245 cm³/mol. The minimum absolute atomic E-state index is 0.902. The Morgan fingerprint density at radius 1 is 0.293 bits per heavy atom. The van der Waals surface area contributed by atoms with Gasteiger partial charge in [0, 0.05) is 33.3 Å². The molecule has 2 nitrogen and oxygen atoms in total. The van der Waals surface area contributed by atoms with Crippen LogP contribution in [0.5, 0.6) is 0 Å². The Morgan fingerprint density at radius 3 is 1.52 bits per heavy atom. The van der Waals surface area contributed by atoms with Crippen LogP contribution in [0.3, 0.4) is 0 Å². The Labute approximate surface area is 337 Å². The van der Waals surface area contributed by atoms with E-state index >= 15 is 0 Å². The first kappa shape index (κ1) is 33.6. The van der Waals surface area contributed by atoms with Crippen molar-refractivity contribution in [1.29, 1.82) is 0 Å². The van der Waals surface area contributed by atoms with E-state index in [2.05, 4.69) is 217 Å². The van der Waals surface area contributed by atoms with Crippen LogP contribution in [0, 0.1) is 0 Å². The first-order chi connectivity index (χ1) is 28.8. The molecule has 0 amide bonds. The van der Waals surface area contributed by atoms with Crippen molar-refractivity contribution < 1.29 is 4.42 Å². The van der Waals surface area contributed by atoms with E-state index in [-0.39, 0.29) is 0 Å². The summed E-state index contributed by atoms with van der Waals surface area (Å²) in [5.41, 5.74) is 14.4. The smallest absolute Gasteiger partial charge is 0.143 e. The third kappa shape index (κ3) is 5.66. The van der Waals surface area contributed by atoms with Gasteiger partial charge in [0.2, 0.25) is 0 Å². The van der Waals surface area contributed by atoms with Crippen molar-refractivity contribution in [1.82, 2.24) is 0 Å². The van der Waals surface area contributed by atoms with Crippen LogP contribution in [0.1, 0.15) is 0 Å². The minimum atomic E-state index is 0.902. The number of hydrogen-bond donors (Lipinski definition) is 0. The molecule has 0 bridgehead atoms. The molecular weight excluding hydrogens is 703 g/mol. The van der Waals surface area contributed by atoms with Gasteiger partial charge in [-0.1, -0.05) is 188 Å². The third-order valence-corrected chi connectivity index (χ3v) is 11.5. The SMILES string of the molecule is c1ccc(-c2ccccc2N(c2ccc(-c3cccc4c3oc3ccccc34)cc2)c2ccc3c(c2)c(-c2ccccc2)c(-c2ccccc2)c2ccccc23)cc1. The van der Waals surface area contributed by atoms with Crippen LogP contribution in [-0.4, -0.2) is 0 Å². The predicted octanol–water partition coefficient (Wildman–Crippen LogP) is 16.0. The average molecular weight is 740 g/mol. The maximum atomic E-state index is 6.47. The van der Waals surface area contributed by atoms with Crippen molar-refractivity contribution in [2.24, 2.45) is 0 Å². The molecule has 11 aromatic rings. The number of anilines is 3. The molecule has 58 heavy (non-hydrogen) atoms. The molecule has 0 N–H and O–H groups in total. The Morgan fingerprint density at radius 2 is 0.793 bits per heavy atom. The second-order valence-corrected chi connectivity index (χ2v) is 14.8. The second-order valence-electron chi connectivity index (χ2n) is 14.8. The fraction of sp³-hybridized carbons (Fsp3) is 0. The van der Waals surface area contributed by atoms with E-state index in [0.717, 1.165) is 55.7 Å². The van der Waals surface area contributed by atoms with Gasteiger partial charge in [-0.25, -0.2) is 0 Å². The monoisotopic (exact) mass is 739 g/mol. The first-order valence-electron chi connectivity index (χ1n) is 19.8. The number of benzene rings is 10. The molecule has 0 aliphatic carbocycles. The largest absolute Gasteiger partial charge is 0.455 e. The van der Waals surface area contributed by atoms with Crippen LogP contribution >= 0.6 is 0 Å². The molecule has 0 atom stereocenters. The highest BCUT2D eigenvalue weighted by atomic mass is 16.3. The first-order valence-corrected chi connectivity index (χ1v) is 19.8. The summed E-state index contributed by atoms with van der Waals surface area (Å²) in [4.78, 5) is 2.42. The molecule has 0 fully saturated rings. The van der Waals surface area contributed by atoms with Crippen molar-refractivity contribution in [3.8, 4) is 44.5 Å². The standard InChI is InChI=1S/C56H37NO/c1-4-17-38(18-5-1)44-23-12-14-29-52(44)57(42-33-31-39(32-34-42)45-27-16-28-50-48-25-13-15-30-53(48)58-56(45)50)43-35-36-47-46-24-10-11-26-49(46)54(40-19-6-2-7-20-40)55(51(47)37-43)41-21-8-3-9-22-41/h1-37H. The lowest BCUT2D eigenvalue weighted by Crippen LogP contribution is -2.11. The molecule has 0 radical (unpaired) electrons. The van der Waals surface area contributed by atoms with Gasteiger partial charge in [-0.15, -0.1) is 0 Å². The van der Waals surface area contributed by atoms with Crippen LogP contribution in [0.2, 0.25) is 0 Å². The number of hydrogen-bond acceptors (Lipinski definition) is 2. The Balaban J connectivity index is 1.16. The van der Waals surface area contributed by atoms with Gasteiger partial charge < -0.3 is 9.32 Å². The van der Waals surface area contributed by atoms with Gasteiger partial charge in [0.15, 0.2) is 0 Å². The fourth-order valence-corrected chi connectivity index (χ4v) is 8.85. The van der Waals surface area contributed by atoms with Crippen molar-refractivity contribution >= 4 is 60.5 Å². The van der Waals surface area contributed by atoms with Gasteiger partial charge in [0.05, 0.1) is 5.69 Å². The van der Waals surface area contributed by atoms with E-state index in [1.165, 1.54) is 49.4 Å². The molecule has 0 saturated heterocycles. The summed E-state index contributed by atoms with van der Waals surface area (Å²) < 4.78 is 6.47. The summed E-state index contributed by atoms with van der Waals surface area (Å²) in [7, 11) is 0. The van der Waals surface area contributed by atoms with Crippen LogP contribution in [0.4, 0.5) is 17.1 Å². The van der Waals surface area contributed by atoms with Gasteiger partial charge in [0.1, 0.15) is 11.2 Å². The normalized spacial score (nSPS) is 11.4. The Kier molecular flexibility index (Phi) is 8.19. The molecule has 1 aromatic heterocycles. The lowest BCUT2D eigenvalue weighted by Gasteiger charge is -2.29. The number of para-hydroxylation sites is 3. The lowest BCUT2D eigenvalue weighted by molar-refractivity contribution is 0.670. The zero-order valence-corrected chi connectivity index (χ0v) is 31.7. The molecule has 1 heterocycles. The lowest BCUT2D eigenvalue weighted by atomic mass is 9.85. The topological polar surface area (TPSA) is 16.4 Å². The number of furan rings is 1. The minimum Gasteiger partial charge on any atom is -0.455 e. The average Bonchev–Trinajstić information content (AvgIpc) is 3.69.